The molecule has 10 nitrogen and oxygen atoms in total. The summed E-state index contributed by atoms with van der Waals surface area (Å²) < 4.78 is 22.0. The van der Waals surface area contributed by atoms with Gasteiger partial charge in [-0.2, -0.15) is 0 Å². The highest BCUT2D eigenvalue weighted by Gasteiger charge is 2.48. The lowest BCUT2D eigenvalue weighted by Crippen LogP contribution is -2.29. The van der Waals surface area contributed by atoms with Gasteiger partial charge in [-0.3, -0.25) is 14.5 Å². The Balaban J connectivity index is 1.63. The molecule has 0 bridgehead atoms. The van der Waals surface area contributed by atoms with Crippen molar-refractivity contribution in [2.24, 2.45) is 0 Å². The molecule has 1 aromatic heterocycles. The van der Waals surface area contributed by atoms with Gasteiger partial charge in [0, 0.05) is 5.56 Å². The highest BCUT2D eigenvalue weighted by Crippen LogP contribution is 2.45. The molecule has 0 unspecified atom stereocenters. The van der Waals surface area contributed by atoms with Gasteiger partial charge in [0.2, 0.25) is 0 Å². The molecule has 3 heterocycles. The van der Waals surface area contributed by atoms with Crippen LogP contribution in [0.15, 0.2) is 48.0 Å². The number of carbonyl (C=O) groups is 3. The lowest BCUT2D eigenvalue weighted by molar-refractivity contribution is -0.132. The minimum atomic E-state index is -1.04. The molecule has 214 valence electrons. The fraction of sp³-hybridized carbons (Fsp3) is 0.333. The van der Waals surface area contributed by atoms with Crippen LogP contribution in [0.1, 0.15) is 58.7 Å². The number of hydrogen-bond donors (Lipinski definition) is 1. The Morgan fingerprint density at radius 3 is 2.66 bits per heavy atom. The Morgan fingerprint density at radius 2 is 1.90 bits per heavy atom. The lowest BCUT2D eigenvalue weighted by atomic mass is 9.95. The molecule has 1 amide bonds. The fourth-order valence-electron chi connectivity index (χ4n) is 4.78. The number of esters is 1. The van der Waals surface area contributed by atoms with Gasteiger partial charge in [0.05, 0.1) is 31.0 Å². The Hall–Kier alpha value is -4.38. The predicted octanol–water partition coefficient (Wildman–Crippen LogP) is 5.20. The number of ketones is 1. The first-order chi connectivity index (χ1) is 19.8. The number of anilines is 1. The molecular weight excluding hydrogens is 548 g/mol. The summed E-state index contributed by atoms with van der Waals surface area (Å²) in [5.74, 6) is -1.23. The van der Waals surface area contributed by atoms with Gasteiger partial charge in [0.25, 0.3) is 5.78 Å². The van der Waals surface area contributed by atoms with E-state index in [0.717, 1.165) is 30.6 Å². The maximum absolute atomic E-state index is 13.6. The molecule has 0 radical (unpaired) electrons. The zero-order valence-corrected chi connectivity index (χ0v) is 23.8. The van der Waals surface area contributed by atoms with E-state index in [2.05, 4.69) is 11.9 Å². The topological polar surface area (TPSA) is 124 Å². The number of aryl methyl sites for hydroxylation is 1. The van der Waals surface area contributed by atoms with Crippen LogP contribution in [-0.2, 0) is 14.3 Å². The molecular formula is C30H30N2O8S. The predicted molar refractivity (Wildman–Crippen MR) is 152 cm³/mol. The lowest BCUT2D eigenvalue weighted by Gasteiger charge is -2.24. The molecule has 5 rings (SSSR count). The van der Waals surface area contributed by atoms with Crippen molar-refractivity contribution in [2.45, 2.75) is 39.2 Å². The Labute approximate surface area is 241 Å². The number of aromatic nitrogens is 1. The number of carbonyl (C=O) groups excluding carboxylic acids is 3. The second-order valence-electron chi connectivity index (χ2n) is 9.56. The quantitative estimate of drug-likeness (QED) is 0.120. The van der Waals surface area contributed by atoms with Gasteiger partial charge in [-0.05, 0) is 49.2 Å². The van der Waals surface area contributed by atoms with E-state index in [0.29, 0.717) is 48.3 Å². The van der Waals surface area contributed by atoms with E-state index < -0.39 is 23.7 Å². The molecule has 3 aromatic rings. The van der Waals surface area contributed by atoms with Crippen molar-refractivity contribution in [1.82, 2.24) is 4.98 Å². The summed E-state index contributed by atoms with van der Waals surface area (Å²) in [7, 11) is 1.26. The van der Waals surface area contributed by atoms with Crippen LogP contribution >= 0.6 is 11.3 Å². The first-order valence-corrected chi connectivity index (χ1v) is 14.1. The monoisotopic (exact) mass is 578 g/mol. The number of aliphatic hydroxyl groups is 1. The molecule has 0 saturated carbocycles. The number of thiazole rings is 1. The Morgan fingerprint density at radius 1 is 1.12 bits per heavy atom. The van der Waals surface area contributed by atoms with Gasteiger partial charge in [-0.1, -0.05) is 43.2 Å². The van der Waals surface area contributed by atoms with Crippen LogP contribution in [0, 0.1) is 6.92 Å². The molecule has 41 heavy (non-hydrogen) atoms. The molecule has 0 spiro atoms. The van der Waals surface area contributed by atoms with Gasteiger partial charge < -0.3 is 24.1 Å². The minimum absolute atomic E-state index is 0.123. The molecule has 1 N–H and O–H groups in total. The second-order valence-corrected chi connectivity index (χ2v) is 10.5. The van der Waals surface area contributed by atoms with Gasteiger partial charge >= 0.3 is 11.9 Å². The van der Waals surface area contributed by atoms with Crippen LogP contribution in [0.3, 0.4) is 0 Å². The van der Waals surface area contributed by atoms with Crippen molar-refractivity contribution in [3.8, 4) is 17.2 Å². The van der Waals surface area contributed by atoms with Crippen LogP contribution in [0.4, 0.5) is 5.13 Å². The fourth-order valence-corrected chi connectivity index (χ4v) is 5.79. The molecule has 2 aliphatic heterocycles. The molecule has 0 aliphatic carbocycles. The SMILES string of the molecule is CCCCCOc1cccc([C@@H]2C(=C(O)c3ccc4c(c3)OCCO4)C(=O)C(=O)N2c2nc(C)c(C(=O)OC)s2)c1. The Kier molecular flexibility index (Phi) is 8.25. The van der Waals surface area contributed by atoms with Crippen molar-refractivity contribution < 1.29 is 38.4 Å². The number of rotatable bonds is 9. The highest BCUT2D eigenvalue weighted by atomic mass is 32.1. The van der Waals surface area contributed by atoms with Crippen molar-refractivity contribution in [3.05, 3.63) is 69.7 Å². The summed E-state index contributed by atoms with van der Waals surface area (Å²) in [6, 6.07) is 10.8. The maximum Gasteiger partial charge on any atom is 0.350 e. The van der Waals surface area contributed by atoms with Crippen LogP contribution in [0.2, 0.25) is 0 Å². The van der Waals surface area contributed by atoms with E-state index in [4.69, 9.17) is 18.9 Å². The van der Waals surface area contributed by atoms with Gasteiger partial charge in [0.15, 0.2) is 16.6 Å². The maximum atomic E-state index is 13.6. The van der Waals surface area contributed by atoms with Crippen molar-refractivity contribution in [1.29, 1.82) is 0 Å². The number of amides is 1. The number of aliphatic hydroxyl groups excluding tert-OH is 1. The summed E-state index contributed by atoms with van der Waals surface area (Å²) in [5.41, 5.74) is 1.05. The zero-order chi connectivity index (χ0) is 29.1. The molecule has 2 aliphatic rings. The summed E-state index contributed by atoms with van der Waals surface area (Å²) in [5, 5.41) is 11.7. The largest absolute Gasteiger partial charge is 0.507 e. The third-order valence-electron chi connectivity index (χ3n) is 6.81. The van der Waals surface area contributed by atoms with Crippen molar-refractivity contribution >= 4 is 39.9 Å². The third-order valence-corrected chi connectivity index (χ3v) is 7.95. The number of methoxy groups -OCH3 is 1. The number of hydrogen-bond acceptors (Lipinski definition) is 10. The smallest absolute Gasteiger partial charge is 0.350 e. The number of ether oxygens (including phenoxy) is 4. The van der Waals surface area contributed by atoms with E-state index in [1.807, 2.05) is 0 Å². The van der Waals surface area contributed by atoms with Crippen molar-refractivity contribution in [2.75, 3.05) is 31.8 Å². The van der Waals surface area contributed by atoms with Gasteiger partial charge in [-0.25, -0.2) is 9.78 Å². The molecule has 2 aromatic carbocycles. The van der Waals surface area contributed by atoms with E-state index in [9.17, 15) is 19.5 Å². The number of fused-ring (bicyclic) bond motifs is 1. The van der Waals surface area contributed by atoms with Crippen LogP contribution in [0.25, 0.3) is 5.76 Å². The molecule has 11 heteroatoms. The summed E-state index contributed by atoms with van der Waals surface area (Å²) >= 11 is 0.941. The first-order valence-electron chi connectivity index (χ1n) is 13.3. The molecule has 1 atom stereocenters. The van der Waals surface area contributed by atoms with Gasteiger partial charge in [-0.15, -0.1) is 0 Å². The number of nitrogens with zero attached hydrogens (tertiary/aromatic N) is 2. The van der Waals surface area contributed by atoms with E-state index in [1.165, 1.54) is 12.0 Å². The van der Waals surface area contributed by atoms with Crippen LogP contribution in [-0.4, -0.2) is 54.7 Å². The minimum Gasteiger partial charge on any atom is -0.507 e. The normalized spacial score (nSPS) is 17.5. The molecule has 1 saturated heterocycles. The van der Waals surface area contributed by atoms with Gasteiger partial charge in [0.1, 0.15) is 29.6 Å². The zero-order valence-electron chi connectivity index (χ0n) is 23.0. The van der Waals surface area contributed by atoms with Crippen LogP contribution < -0.4 is 19.1 Å². The van der Waals surface area contributed by atoms with Crippen LogP contribution in [0.5, 0.6) is 17.2 Å². The average molecular weight is 579 g/mol. The highest BCUT2D eigenvalue weighted by molar-refractivity contribution is 7.17. The average Bonchev–Trinajstić information content (AvgIpc) is 3.50. The molecule has 1 fully saturated rings. The van der Waals surface area contributed by atoms with E-state index >= 15 is 0 Å². The first kappa shape index (κ1) is 28.2. The number of Topliss-reactive ketones (excluding diaryl/α,β-unsaturated/α-hetero) is 1. The standard InChI is InChI=1S/C30H30N2O8S/c1-4-5-6-12-38-20-9-7-8-18(15-20)24-23(25(33)19-10-11-21-22(16-19)40-14-13-39-21)26(34)28(35)32(24)30-31-17(2)27(41-30)29(36)37-3/h7-11,15-16,24,33H,4-6,12-14H2,1-3H3/t24-/m1/s1. The second kappa shape index (κ2) is 12.0. The summed E-state index contributed by atoms with van der Waals surface area (Å²) in [6.07, 6.45) is 2.97. The third kappa shape index (κ3) is 5.49. The van der Waals surface area contributed by atoms with E-state index in [1.54, 1.807) is 49.4 Å². The Bertz CT molecular complexity index is 1530. The van der Waals surface area contributed by atoms with Crippen molar-refractivity contribution in [3.63, 3.8) is 0 Å². The summed E-state index contributed by atoms with van der Waals surface area (Å²) in [4.78, 5) is 45.3. The number of benzene rings is 2. The van der Waals surface area contributed by atoms with E-state index in [-0.39, 0.29) is 26.9 Å². The number of unbranched alkanes of at least 4 members (excludes halogenated alkanes) is 2. The summed E-state index contributed by atoms with van der Waals surface area (Å²) in [6.45, 7) is 5.00.